The van der Waals surface area contributed by atoms with E-state index in [9.17, 15) is 19.1 Å². The molecule has 10 heteroatoms. The van der Waals surface area contributed by atoms with Crippen LogP contribution in [-0.4, -0.2) is 44.8 Å². The number of amides is 2. The van der Waals surface area contributed by atoms with Crippen LogP contribution in [0.2, 0.25) is 5.02 Å². The number of carbonyl (C=O) groups excluding carboxylic acids is 1. The van der Waals surface area contributed by atoms with Crippen molar-refractivity contribution >= 4 is 51.8 Å². The third-order valence-electron chi connectivity index (χ3n) is 5.24. The van der Waals surface area contributed by atoms with Crippen LogP contribution in [0.1, 0.15) is 44.6 Å². The summed E-state index contributed by atoms with van der Waals surface area (Å²) in [5, 5.41) is 12.8. The lowest BCUT2D eigenvalue weighted by Crippen LogP contribution is -2.38. The molecule has 3 rings (SSSR count). The predicted molar refractivity (Wildman–Crippen MR) is 118 cm³/mol. The maximum absolute atomic E-state index is 14.2. The monoisotopic (exact) mass is 471 g/mol. The van der Waals surface area contributed by atoms with Gasteiger partial charge in [0.1, 0.15) is 10.6 Å². The third kappa shape index (κ3) is 5.25. The number of carboxylic acid groups (broad SMARTS) is 1. The van der Waals surface area contributed by atoms with Crippen molar-refractivity contribution in [2.45, 2.75) is 54.0 Å². The Morgan fingerprint density at radius 1 is 1.40 bits per heavy atom. The van der Waals surface area contributed by atoms with Gasteiger partial charge in [0.05, 0.1) is 10.4 Å². The summed E-state index contributed by atoms with van der Waals surface area (Å²) in [7, 11) is 1.72. The zero-order valence-corrected chi connectivity index (χ0v) is 19.2. The molecular formula is C20H23ClFN3O3S2. The number of thioether (sulfide) groups is 1. The minimum absolute atomic E-state index is 0.00942. The van der Waals surface area contributed by atoms with Crippen LogP contribution in [0.3, 0.4) is 0 Å². The second kappa shape index (κ2) is 9.11. The van der Waals surface area contributed by atoms with Gasteiger partial charge in [0, 0.05) is 18.1 Å². The summed E-state index contributed by atoms with van der Waals surface area (Å²) in [6.07, 6.45) is 3.81. The number of nitrogens with zero attached hydrogens (tertiary/aromatic N) is 2. The van der Waals surface area contributed by atoms with Crippen molar-refractivity contribution in [2.24, 2.45) is 0 Å². The number of hydrogen-bond donors (Lipinski definition) is 2. The van der Waals surface area contributed by atoms with Crippen LogP contribution in [0.4, 0.5) is 14.3 Å². The number of hydrogen-bond acceptors (Lipinski definition) is 5. The molecule has 1 aliphatic carbocycles. The summed E-state index contributed by atoms with van der Waals surface area (Å²) < 4.78 is 13.9. The van der Waals surface area contributed by atoms with E-state index in [1.54, 1.807) is 44.1 Å². The molecule has 1 saturated carbocycles. The minimum Gasteiger partial charge on any atom is -0.480 e. The summed E-state index contributed by atoms with van der Waals surface area (Å²) in [6.45, 7) is 3.23. The van der Waals surface area contributed by atoms with E-state index in [1.807, 2.05) is 0 Å². The summed E-state index contributed by atoms with van der Waals surface area (Å²) in [4.78, 5) is 29.7. The van der Waals surface area contributed by atoms with Crippen molar-refractivity contribution < 1.29 is 19.1 Å². The summed E-state index contributed by atoms with van der Waals surface area (Å²) in [5.74, 6) is -1.18. The number of benzene rings is 1. The number of nitrogens with one attached hydrogen (secondary N) is 1. The van der Waals surface area contributed by atoms with Crippen molar-refractivity contribution in [2.75, 3.05) is 12.4 Å². The Labute approximate surface area is 187 Å². The molecule has 2 amide bonds. The first-order valence-corrected chi connectivity index (χ1v) is 11.4. The second-order valence-electron chi connectivity index (χ2n) is 7.77. The lowest BCUT2D eigenvalue weighted by molar-refractivity contribution is -0.138. The van der Waals surface area contributed by atoms with Gasteiger partial charge in [0.25, 0.3) is 0 Å². The molecule has 1 heterocycles. The summed E-state index contributed by atoms with van der Waals surface area (Å²) in [6, 6.07) is 4.43. The number of urea groups is 1. The summed E-state index contributed by atoms with van der Waals surface area (Å²) in [5.41, 5.74) is 0.637. The van der Waals surface area contributed by atoms with E-state index in [0.29, 0.717) is 26.3 Å². The maximum atomic E-state index is 14.2. The van der Waals surface area contributed by atoms with Gasteiger partial charge in [0.2, 0.25) is 0 Å². The number of carboxylic acids is 1. The lowest BCUT2D eigenvalue weighted by Gasteiger charge is -2.24. The van der Waals surface area contributed by atoms with Crippen LogP contribution in [0.25, 0.3) is 0 Å². The maximum Gasteiger partial charge on any atom is 0.323 e. The van der Waals surface area contributed by atoms with Crippen molar-refractivity contribution in [1.29, 1.82) is 0 Å². The van der Waals surface area contributed by atoms with E-state index in [-0.39, 0.29) is 23.8 Å². The van der Waals surface area contributed by atoms with Gasteiger partial charge in [-0.2, -0.15) is 0 Å². The topological polar surface area (TPSA) is 82.5 Å². The van der Waals surface area contributed by atoms with Gasteiger partial charge < -0.3 is 10.0 Å². The van der Waals surface area contributed by atoms with Gasteiger partial charge >= 0.3 is 12.0 Å². The fraction of sp³-hybridized carbons (Fsp3) is 0.450. The number of aliphatic carboxylic acids is 1. The molecule has 30 heavy (non-hydrogen) atoms. The molecule has 6 nitrogen and oxygen atoms in total. The van der Waals surface area contributed by atoms with Crippen LogP contribution in [-0.2, 0) is 4.79 Å². The Bertz CT molecular complexity index is 953. The number of anilines is 1. The quantitative estimate of drug-likeness (QED) is 0.529. The molecule has 1 aromatic carbocycles. The van der Waals surface area contributed by atoms with Crippen LogP contribution >= 0.6 is 34.7 Å². The Morgan fingerprint density at radius 2 is 2.13 bits per heavy atom. The number of rotatable bonds is 6. The number of halogens is 2. The molecule has 0 aliphatic heterocycles. The average Bonchev–Trinajstić information content (AvgIpc) is 3.30. The van der Waals surface area contributed by atoms with Gasteiger partial charge in [-0.3, -0.25) is 10.1 Å². The minimum atomic E-state index is -0.986. The van der Waals surface area contributed by atoms with E-state index in [2.05, 4.69) is 10.3 Å². The molecular weight excluding hydrogens is 449 g/mol. The smallest absolute Gasteiger partial charge is 0.323 e. The molecule has 2 N–H and O–H groups in total. The first-order valence-electron chi connectivity index (χ1n) is 9.44. The van der Waals surface area contributed by atoms with Crippen molar-refractivity contribution in [3.63, 3.8) is 0 Å². The highest BCUT2D eigenvalue weighted by atomic mass is 35.5. The van der Waals surface area contributed by atoms with Crippen LogP contribution in [0.5, 0.6) is 0 Å². The van der Waals surface area contributed by atoms with Crippen molar-refractivity contribution in [1.82, 2.24) is 9.88 Å². The second-order valence-corrected chi connectivity index (χ2v) is 11.2. The third-order valence-corrected chi connectivity index (χ3v) is 7.68. The Kier molecular flexibility index (Phi) is 6.94. The largest absolute Gasteiger partial charge is 0.480 e. The van der Waals surface area contributed by atoms with Crippen molar-refractivity contribution in [3.05, 3.63) is 40.8 Å². The Hall–Kier alpha value is -1.84. The molecule has 0 radical (unpaired) electrons. The van der Waals surface area contributed by atoms with E-state index in [0.717, 1.165) is 12.8 Å². The van der Waals surface area contributed by atoms with Crippen molar-refractivity contribution in [3.8, 4) is 0 Å². The highest BCUT2D eigenvalue weighted by Crippen LogP contribution is 2.39. The molecule has 2 aromatic rings. The lowest BCUT2D eigenvalue weighted by atomic mass is 9.97. The molecule has 1 aromatic heterocycles. The van der Waals surface area contributed by atoms with Gasteiger partial charge in [-0.15, -0.1) is 0 Å². The average molecular weight is 472 g/mol. The van der Waals surface area contributed by atoms with Gasteiger partial charge in [-0.05, 0) is 56.7 Å². The van der Waals surface area contributed by atoms with E-state index < -0.39 is 10.7 Å². The number of carbonyl (C=O) groups is 2. The highest BCUT2D eigenvalue weighted by molar-refractivity contribution is 8.03. The first-order chi connectivity index (χ1) is 14.1. The molecule has 2 unspecified atom stereocenters. The zero-order chi connectivity index (χ0) is 22.1. The molecule has 0 spiro atoms. The number of thiazole rings is 1. The number of aromatic nitrogens is 1. The fourth-order valence-electron chi connectivity index (χ4n) is 3.43. The molecule has 1 fully saturated rings. The van der Waals surface area contributed by atoms with E-state index >= 15 is 0 Å². The van der Waals surface area contributed by atoms with Crippen LogP contribution < -0.4 is 5.32 Å². The zero-order valence-electron chi connectivity index (χ0n) is 16.8. The Balaban J connectivity index is 1.58. The molecule has 2 atom stereocenters. The van der Waals surface area contributed by atoms with Crippen LogP contribution in [0.15, 0.2) is 28.6 Å². The first kappa shape index (κ1) is 22.8. The molecule has 1 aliphatic rings. The standard InChI is InChI=1S/C20H23ClFN3O3S2/c1-20(2,17(26)27)30-16-10-23-18(29-16)24-19(28)25(3)13-6-4-11(8-13)14-7-5-12(21)9-15(14)22/h5,7,9-11,13H,4,6,8H2,1-3H3,(H,26,27)(H,23,24,28). The van der Waals surface area contributed by atoms with Gasteiger partial charge in [0.15, 0.2) is 5.13 Å². The van der Waals surface area contributed by atoms with E-state index in [1.165, 1.54) is 29.2 Å². The summed E-state index contributed by atoms with van der Waals surface area (Å²) >= 11 is 8.25. The predicted octanol–water partition coefficient (Wildman–Crippen LogP) is 5.69. The van der Waals surface area contributed by atoms with Gasteiger partial charge in [-0.1, -0.05) is 40.8 Å². The molecule has 0 saturated heterocycles. The Morgan fingerprint density at radius 3 is 2.80 bits per heavy atom. The SMILES string of the molecule is CN(C(=O)Nc1ncc(SC(C)(C)C(=O)O)s1)C1CCC(c2ccc(Cl)cc2F)C1. The molecule has 0 bridgehead atoms. The van der Waals surface area contributed by atoms with Gasteiger partial charge in [-0.25, -0.2) is 14.2 Å². The van der Waals surface area contributed by atoms with E-state index in [4.69, 9.17) is 11.6 Å². The molecule has 162 valence electrons. The highest BCUT2D eigenvalue weighted by Gasteiger charge is 2.33. The fourth-order valence-corrected chi connectivity index (χ4v) is 5.85. The normalized spacial score (nSPS) is 19.0. The van der Waals surface area contributed by atoms with Crippen LogP contribution in [0, 0.1) is 5.82 Å².